The zero-order chi connectivity index (χ0) is 17.2. The Hall–Kier alpha value is -1.89. The van der Waals surface area contributed by atoms with E-state index in [2.05, 4.69) is 5.32 Å². The number of benzene rings is 1. The Morgan fingerprint density at radius 3 is 2.35 bits per heavy atom. The fourth-order valence-electron chi connectivity index (χ4n) is 2.95. The number of carbonyl (C=O) groups is 2. The van der Waals surface area contributed by atoms with Crippen LogP contribution in [0.15, 0.2) is 12.1 Å². The van der Waals surface area contributed by atoms with Crippen LogP contribution < -0.4 is 5.32 Å². The first-order valence-corrected chi connectivity index (χ1v) is 9.28. The van der Waals surface area contributed by atoms with Crippen molar-refractivity contribution < 1.29 is 23.1 Å². The van der Waals surface area contributed by atoms with Crippen molar-refractivity contribution in [3.63, 3.8) is 0 Å². The van der Waals surface area contributed by atoms with Gasteiger partial charge in [0.25, 0.3) is 0 Å². The maximum atomic E-state index is 12.2. The number of hydrogen-bond acceptors (Lipinski definition) is 4. The number of carbonyl (C=O) groups excluding carboxylic acids is 1. The van der Waals surface area contributed by atoms with Gasteiger partial charge in [-0.3, -0.25) is 4.79 Å². The Balaban J connectivity index is 2.14. The minimum atomic E-state index is -3.46. The molecule has 6 nitrogen and oxygen atoms in total. The van der Waals surface area contributed by atoms with Gasteiger partial charge < -0.3 is 10.4 Å². The molecule has 7 heteroatoms. The zero-order valence-electron chi connectivity index (χ0n) is 13.3. The van der Waals surface area contributed by atoms with Crippen LogP contribution in [0.25, 0.3) is 0 Å². The first-order chi connectivity index (χ1) is 10.7. The minimum absolute atomic E-state index is 0.0875. The number of sulfone groups is 1. The second-order valence-electron chi connectivity index (χ2n) is 6.05. The second kappa shape index (κ2) is 6.70. The van der Waals surface area contributed by atoms with Gasteiger partial charge in [0.05, 0.1) is 10.8 Å². The molecule has 23 heavy (non-hydrogen) atoms. The van der Waals surface area contributed by atoms with Gasteiger partial charge >= 0.3 is 5.97 Å². The lowest BCUT2D eigenvalue weighted by atomic mass is 10.0. The molecule has 1 aliphatic carbocycles. The van der Waals surface area contributed by atoms with Gasteiger partial charge in [-0.15, -0.1) is 0 Å². The molecule has 0 radical (unpaired) electrons. The van der Waals surface area contributed by atoms with Crippen molar-refractivity contribution in [1.82, 2.24) is 0 Å². The number of anilines is 1. The molecule has 0 bridgehead atoms. The van der Waals surface area contributed by atoms with E-state index >= 15 is 0 Å². The Labute approximate surface area is 135 Å². The van der Waals surface area contributed by atoms with E-state index in [-0.39, 0.29) is 5.56 Å². The monoisotopic (exact) mass is 339 g/mol. The molecule has 1 saturated carbocycles. The molecule has 0 aromatic heterocycles. The van der Waals surface area contributed by atoms with E-state index < -0.39 is 32.7 Å². The average Bonchev–Trinajstić information content (AvgIpc) is 2.95. The number of hydrogen-bond donors (Lipinski definition) is 2. The summed E-state index contributed by atoms with van der Waals surface area (Å²) in [5.41, 5.74) is 1.70. The summed E-state index contributed by atoms with van der Waals surface area (Å²) in [7, 11) is -3.46. The average molecular weight is 339 g/mol. The smallest absolute Gasteiger partial charge is 0.336 e. The van der Waals surface area contributed by atoms with Gasteiger partial charge in [0.2, 0.25) is 5.91 Å². The number of rotatable bonds is 5. The summed E-state index contributed by atoms with van der Waals surface area (Å²) in [6.07, 6.45) is 2.99. The third kappa shape index (κ3) is 4.10. The number of amides is 1. The normalized spacial score (nSPS) is 15.6. The molecule has 1 amide bonds. The highest BCUT2D eigenvalue weighted by atomic mass is 32.2. The van der Waals surface area contributed by atoms with E-state index in [0.29, 0.717) is 29.7 Å². The highest BCUT2D eigenvalue weighted by molar-refractivity contribution is 7.92. The minimum Gasteiger partial charge on any atom is -0.478 e. The molecular weight excluding hydrogens is 318 g/mol. The third-order valence-corrected chi connectivity index (χ3v) is 6.37. The maximum absolute atomic E-state index is 12.2. The van der Waals surface area contributed by atoms with Gasteiger partial charge in [-0.05, 0) is 43.9 Å². The van der Waals surface area contributed by atoms with Crippen LogP contribution in [-0.2, 0) is 14.6 Å². The van der Waals surface area contributed by atoms with Crippen molar-refractivity contribution in [1.29, 1.82) is 0 Å². The zero-order valence-corrected chi connectivity index (χ0v) is 14.1. The Kier molecular flexibility index (Phi) is 5.09. The lowest BCUT2D eigenvalue weighted by molar-refractivity contribution is -0.113. The summed E-state index contributed by atoms with van der Waals surface area (Å²) in [5.74, 6) is -2.27. The Bertz CT molecular complexity index is 733. The van der Waals surface area contributed by atoms with E-state index in [9.17, 15) is 18.0 Å². The van der Waals surface area contributed by atoms with E-state index in [0.717, 1.165) is 12.8 Å². The van der Waals surface area contributed by atoms with Crippen LogP contribution in [0.2, 0.25) is 0 Å². The van der Waals surface area contributed by atoms with E-state index in [1.165, 1.54) is 6.07 Å². The number of aromatic carboxylic acids is 1. The Morgan fingerprint density at radius 2 is 1.78 bits per heavy atom. The molecule has 0 unspecified atom stereocenters. The molecule has 0 spiro atoms. The van der Waals surface area contributed by atoms with Crippen molar-refractivity contribution in [3.8, 4) is 0 Å². The molecule has 0 atom stereocenters. The number of nitrogens with one attached hydrogen (secondary N) is 1. The number of carboxylic acids is 1. The second-order valence-corrected chi connectivity index (χ2v) is 8.33. The lowest BCUT2D eigenvalue weighted by Crippen LogP contribution is -2.29. The summed E-state index contributed by atoms with van der Waals surface area (Å²) in [5, 5.41) is 11.2. The number of carboxylic acid groups (broad SMARTS) is 1. The van der Waals surface area contributed by atoms with Gasteiger partial charge in [0, 0.05) is 5.69 Å². The molecule has 1 aliphatic rings. The molecule has 0 heterocycles. The molecular formula is C16H21NO5S. The van der Waals surface area contributed by atoms with Crippen LogP contribution in [0, 0.1) is 13.8 Å². The predicted octanol–water partition coefficient (Wildman–Crippen LogP) is 2.30. The van der Waals surface area contributed by atoms with Crippen molar-refractivity contribution in [2.75, 3.05) is 11.1 Å². The highest BCUT2D eigenvalue weighted by Crippen LogP contribution is 2.26. The van der Waals surface area contributed by atoms with E-state index in [1.54, 1.807) is 19.9 Å². The number of aryl methyl sites for hydroxylation is 2. The SMILES string of the molecule is Cc1cc(C)c(C(=O)O)cc1NC(=O)CS(=O)(=O)C1CCCC1. The summed E-state index contributed by atoms with van der Waals surface area (Å²) >= 11 is 0. The van der Waals surface area contributed by atoms with Crippen LogP contribution >= 0.6 is 0 Å². The van der Waals surface area contributed by atoms with Gasteiger partial charge in [-0.25, -0.2) is 13.2 Å². The predicted molar refractivity (Wildman–Crippen MR) is 87.5 cm³/mol. The fraction of sp³-hybridized carbons (Fsp3) is 0.500. The molecule has 1 aromatic carbocycles. The van der Waals surface area contributed by atoms with Gasteiger partial charge in [0.1, 0.15) is 5.75 Å². The van der Waals surface area contributed by atoms with Crippen LogP contribution in [0.3, 0.4) is 0 Å². The van der Waals surface area contributed by atoms with Crippen LogP contribution in [-0.4, -0.2) is 36.4 Å². The molecule has 1 aromatic rings. The molecule has 126 valence electrons. The van der Waals surface area contributed by atoms with Crippen molar-refractivity contribution in [3.05, 3.63) is 28.8 Å². The topological polar surface area (TPSA) is 101 Å². The molecule has 1 fully saturated rings. The van der Waals surface area contributed by atoms with E-state index in [1.807, 2.05) is 0 Å². The molecule has 2 rings (SSSR count). The van der Waals surface area contributed by atoms with Crippen LogP contribution in [0.1, 0.15) is 47.2 Å². The molecule has 0 aliphatic heterocycles. The van der Waals surface area contributed by atoms with Crippen molar-refractivity contribution in [2.45, 2.75) is 44.8 Å². The Morgan fingerprint density at radius 1 is 1.17 bits per heavy atom. The van der Waals surface area contributed by atoms with Crippen LogP contribution in [0.5, 0.6) is 0 Å². The quantitative estimate of drug-likeness (QED) is 0.857. The summed E-state index contributed by atoms with van der Waals surface area (Å²) in [6.45, 7) is 3.41. The third-order valence-electron chi connectivity index (χ3n) is 4.22. The van der Waals surface area contributed by atoms with Gasteiger partial charge in [-0.2, -0.15) is 0 Å². The van der Waals surface area contributed by atoms with Gasteiger partial charge in [-0.1, -0.05) is 18.9 Å². The van der Waals surface area contributed by atoms with Crippen molar-refractivity contribution >= 4 is 27.4 Å². The summed E-state index contributed by atoms with van der Waals surface area (Å²) in [6, 6.07) is 3.03. The summed E-state index contributed by atoms with van der Waals surface area (Å²) in [4.78, 5) is 23.2. The first kappa shape index (κ1) is 17.5. The van der Waals surface area contributed by atoms with E-state index in [4.69, 9.17) is 5.11 Å². The van der Waals surface area contributed by atoms with Crippen molar-refractivity contribution in [2.24, 2.45) is 0 Å². The first-order valence-electron chi connectivity index (χ1n) is 7.56. The van der Waals surface area contributed by atoms with Crippen LogP contribution in [0.4, 0.5) is 5.69 Å². The molecule has 0 saturated heterocycles. The summed E-state index contributed by atoms with van der Waals surface area (Å²) < 4.78 is 24.4. The van der Waals surface area contributed by atoms with Gasteiger partial charge in [0.15, 0.2) is 9.84 Å². The molecule has 2 N–H and O–H groups in total. The lowest BCUT2D eigenvalue weighted by Gasteiger charge is -2.13. The highest BCUT2D eigenvalue weighted by Gasteiger charge is 2.30. The maximum Gasteiger partial charge on any atom is 0.336 e. The fourth-order valence-corrected chi connectivity index (χ4v) is 4.68. The standard InChI is InChI=1S/C16H21NO5S/c1-10-7-11(2)14(8-13(10)16(19)20)17-15(18)9-23(21,22)12-5-3-4-6-12/h7-8,12H,3-6,9H2,1-2H3,(H,17,18)(H,19,20). The largest absolute Gasteiger partial charge is 0.478 e.